The number of nitrogens with one attached hydrogen (secondary N) is 1. The number of hydrogen-bond acceptors (Lipinski definition) is 8. The second kappa shape index (κ2) is 9.70. The first-order valence-electron chi connectivity index (χ1n) is 12.2. The number of ether oxygens (including phenoxy) is 1. The zero-order valence-electron chi connectivity index (χ0n) is 21.7. The van der Waals surface area contributed by atoms with Crippen molar-refractivity contribution in [3.05, 3.63) is 59.8 Å². The van der Waals surface area contributed by atoms with Gasteiger partial charge < -0.3 is 29.7 Å². The van der Waals surface area contributed by atoms with E-state index < -0.39 is 0 Å². The molecule has 1 N–H and O–H groups in total. The highest BCUT2D eigenvalue weighted by Crippen LogP contribution is 2.38. The van der Waals surface area contributed by atoms with Crippen LogP contribution < -0.4 is 19.9 Å². The zero-order chi connectivity index (χ0) is 26.3. The van der Waals surface area contributed by atoms with Crippen molar-refractivity contribution < 1.29 is 14.3 Å². The van der Waals surface area contributed by atoms with E-state index in [0.717, 1.165) is 18.7 Å². The molecule has 2 aromatic carbocycles. The molecule has 192 valence electrons. The van der Waals surface area contributed by atoms with Gasteiger partial charge in [0.2, 0.25) is 5.95 Å². The average molecular weight is 502 g/mol. The standard InChI is InChI=1S/C27H31N7O3/c1-31(2)18-12-13-34(16-18)25(35)17-10-11-23(37-5)20(14-17)29-27-28-15-22-24(30-27)32(3)21-9-7-6-8-19(21)26(36)33(22)4/h6-11,14-15,18H,12-13,16H2,1-5H3,(H,28,29,30). The largest absolute Gasteiger partial charge is 0.495 e. The fourth-order valence-corrected chi connectivity index (χ4v) is 4.85. The minimum atomic E-state index is -0.128. The highest BCUT2D eigenvalue weighted by atomic mass is 16.5. The van der Waals surface area contributed by atoms with E-state index in [9.17, 15) is 9.59 Å². The number of rotatable bonds is 5. The number of nitrogens with zero attached hydrogens (tertiary/aromatic N) is 6. The van der Waals surface area contributed by atoms with Crippen molar-refractivity contribution in [2.75, 3.05) is 63.5 Å². The van der Waals surface area contributed by atoms with Crippen LogP contribution in [0.2, 0.25) is 0 Å². The molecule has 0 spiro atoms. The normalized spacial score (nSPS) is 17.0. The van der Waals surface area contributed by atoms with Crippen LogP contribution in [0.25, 0.3) is 0 Å². The second-order valence-corrected chi connectivity index (χ2v) is 9.54. The first kappa shape index (κ1) is 24.5. The molecule has 5 rings (SSSR count). The first-order chi connectivity index (χ1) is 17.8. The monoisotopic (exact) mass is 501 g/mol. The molecule has 0 aliphatic carbocycles. The number of likely N-dealkylation sites (tertiary alicyclic amines) is 1. The lowest BCUT2D eigenvalue weighted by molar-refractivity contribution is 0.0783. The lowest BCUT2D eigenvalue weighted by Gasteiger charge is -2.22. The van der Waals surface area contributed by atoms with Gasteiger partial charge >= 0.3 is 0 Å². The van der Waals surface area contributed by atoms with Crippen LogP contribution in [0.4, 0.5) is 28.8 Å². The van der Waals surface area contributed by atoms with Crippen LogP contribution in [0.15, 0.2) is 48.7 Å². The van der Waals surface area contributed by atoms with Gasteiger partial charge in [-0.2, -0.15) is 4.98 Å². The van der Waals surface area contributed by atoms with Gasteiger partial charge in [-0.1, -0.05) is 12.1 Å². The number of anilines is 5. The Morgan fingerprint density at radius 2 is 1.89 bits per heavy atom. The van der Waals surface area contributed by atoms with Gasteiger partial charge in [-0.05, 0) is 50.8 Å². The van der Waals surface area contributed by atoms with Gasteiger partial charge in [0.25, 0.3) is 11.8 Å². The quantitative estimate of drug-likeness (QED) is 0.569. The summed E-state index contributed by atoms with van der Waals surface area (Å²) >= 11 is 0. The number of benzene rings is 2. The van der Waals surface area contributed by atoms with E-state index >= 15 is 0 Å². The van der Waals surface area contributed by atoms with E-state index in [1.165, 1.54) is 0 Å². The van der Waals surface area contributed by atoms with Crippen LogP contribution in [0.3, 0.4) is 0 Å². The maximum absolute atomic E-state index is 13.2. The van der Waals surface area contributed by atoms with Gasteiger partial charge in [0.05, 0.1) is 30.2 Å². The summed E-state index contributed by atoms with van der Waals surface area (Å²) < 4.78 is 5.54. The average Bonchev–Trinajstić information content (AvgIpc) is 3.40. The van der Waals surface area contributed by atoms with E-state index in [0.29, 0.717) is 52.6 Å². The van der Waals surface area contributed by atoms with Crippen molar-refractivity contribution in [2.24, 2.45) is 0 Å². The van der Waals surface area contributed by atoms with Crippen LogP contribution in [-0.2, 0) is 0 Å². The molecular formula is C27H31N7O3. The van der Waals surface area contributed by atoms with Crippen LogP contribution in [0.5, 0.6) is 5.75 Å². The van der Waals surface area contributed by atoms with Crippen molar-refractivity contribution in [1.82, 2.24) is 19.8 Å². The number of fused-ring (bicyclic) bond motifs is 2. The molecule has 10 heteroatoms. The molecule has 1 fully saturated rings. The molecular weight excluding hydrogens is 470 g/mol. The number of aromatic nitrogens is 2. The lowest BCUT2D eigenvalue weighted by Crippen LogP contribution is -2.34. The summed E-state index contributed by atoms with van der Waals surface area (Å²) in [5, 5.41) is 3.22. The summed E-state index contributed by atoms with van der Waals surface area (Å²) in [5.74, 6) is 1.32. The Bertz CT molecular complexity index is 1360. The molecule has 10 nitrogen and oxygen atoms in total. The van der Waals surface area contributed by atoms with E-state index in [4.69, 9.17) is 9.72 Å². The van der Waals surface area contributed by atoms with E-state index in [-0.39, 0.29) is 11.8 Å². The third-order valence-corrected chi connectivity index (χ3v) is 7.10. The molecule has 1 unspecified atom stereocenters. The number of carbonyl (C=O) groups is 2. The minimum Gasteiger partial charge on any atom is -0.495 e. The smallest absolute Gasteiger partial charge is 0.260 e. The Hall–Kier alpha value is -4.18. The van der Waals surface area contributed by atoms with Crippen LogP contribution >= 0.6 is 0 Å². The molecule has 2 amide bonds. The maximum Gasteiger partial charge on any atom is 0.260 e. The maximum atomic E-state index is 13.2. The fourth-order valence-electron chi connectivity index (χ4n) is 4.85. The lowest BCUT2D eigenvalue weighted by atomic mass is 10.1. The van der Waals surface area contributed by atoms with E-state index in [1.807, 2.05) is 49.1 Å². The van der Waals surface area contributed by atoms with Crippen molar-refractivity contribution >= 4 is 40.6 Å². The van der Waals surface area contributed by atoms with Gasteiger partial charge in [0.15, 0.2) is 5.82 Å². The van der Waals surface area contributed by atoms with Crippen LogP contribution in [0.1, 0.15) is 27.1 Å². The Kier molecular flexibility index (Phi) is 6.43. The second-order valence-electron chi connectivity index (χ2n) is 9.54. The highest BCUT2D eigenvalue weighted by Gasteiger charge is 2.30. The molecule has 3 aromatic rings. The molecule has 0 radical (unpaired) electrons. The number of carbonyl (C=O) groups excluding carboxylic acids is 2. The number of amides is 2. The SMILES string of the molecule is COc1ccc(C(=O)N2CCC(N(C)C)C2)cc1Nc1ncc2c(n1)N(C)c1ccccc1C(=O)N2C. The molecule has 0 saturated carbocycles. The van der Waals surface area contributed by atoms with Crippen molar-refractivity contribution in [1.29, 1.82) is 0 Å². The topological polar surface area (TPSA) is 94.1 Å². The summed E-state index contributed by atoms with van der Waals surface area (Å²) in [6.45, 7) is 1.43. The predicted molar refractivity (Wildman–Crippen MR) is 144 cm³/mol. The third-order valence-electron chi connectivity index (χ3n) is 7.10. The Labute approximate surface area is 216 Å². The number of likely N-dealkylation sites (N-methyl/N-ethyl adjacent to an activating group) is 1. The molecule has 1 atom stereocenters. The Balaban J connectivity index is 1.46. The van der Waals surface area contributed by atoms with Crippen LogP contribution in [-0.4, -0.2) is 86.0 Å². The molecule has 37 heavy (non-hydrogen) atoms. The summed E-state index contributed by atoms with van der Waals surface area (Å²) in [5.41, 5.74) is 3.09. The van der Waals surface area contributed by atoms with Crippen molar-refractivity contribution in [3.8, 4) is 5.75 Å². The number of hydrogen-bond donors (Lipinski definition) is 1. The van der Waals surface area contributed by atoms with Gasteiger partial charge in [-0.3, -0.25) is 9.59 Å². The van der Waals surface area contributed by atoms with Gasteiger partial charge in [0, 0.05) is 38.8 Å². The molecule has 2 aliphatic heterocycles. The fraction of sp³-hybridized carbons (Fsp3) is 0.333. The first-order valence-corrected chi connectivity index (χ1v) is 12.2. The minimum absolute atomic E-state index is 0.0191. The Morgan fingerprint density at radius 1 is 1.11 bits per heavy atom. The van der Waals surface area contributed by atoms with Crippen LogP contribution in [0, 0.1) is 0 Å². The molecule has 2 aliphatic rings. The predicted octanol–water partition coefficient (Wildman–Crippen LogP) is 3.36. The zero-order valence-corrected chi connectivity index (χ0v) is 21.7. The highest BCUT2D eigenvalue weighted by molar-refractivity contribution is 6.13. The third kappa shape index (κ3) is 4.44. The van der Waals surface area contributed by atoms with Crippen molar-refractivity contribution in [3.63, 3.8) is 0 Å². The number of methoxy groups -OCH3 is 1. The van der Waals surface area contributed by atoms with Gasteiger partial charge in [0.1, 0.15) is 11.4 Å². The molecule has 1 aromatic heterocycles. The van der Waals surface area contributed by atoms with E-state index in [1.54, 1.807) is 49.5 Å². The van der Waals surface area contributed by atoms with Gasteiger partial charge in [-0.25, -0.2) is 4.98 Å². The van der Waals surface area contributed by atoms with Gasteiger partial charge in [-0.15, -0.1) is 0 Å². The van der Waals surface area contributed by atoms with E-state index in [2.05, 4.69) is 15.2 Å². The summed E-state index contributed by atoms with van der Waals surface area (Å²) in [6.07, 6.45) is 2.58. The van der Waals surface area contributed by atoms with Crippen molar-refractivity contribution in [2.45, 2.75) is 12.5 Å². The molecule has 0 bridgehead atoms. The summed E-state index contributed by atoms with van der Waals surface area (Å²) in [6, 6.07) is 13.1. The molecule has 3 heterocycles. The Morgan fingerprint density at radius 3 is 2.62 bits per heavy atom. The number of para-hydroxylation sites is 1. The molecule has 1 saturated heterocycles. The summed E-state index contributed by atoms with van der Waals surface area (Å²) in [4.78, 5) is 43.0. The summed E-state index contributed by atoms with van der Waals surface area (Å²) in [7, 11) is 9.24.